The summed E-state index contributed by atoms with van der Waals surface area (Å²) in [5, 5.41) is 3.67. The Labute approximate surface area is 128 Å². The molecule has 0 saturated heterocycles. The van der Waals surface area contributed by atoms with E-state index in [9.17, 15) is 4.39 Å². The van der Waals surface area contributed by atoms with E-state index in [0.29, 0.717) is 6.04 Å². The number of nitrogens with zero attached hydrogens (tertiary/aromatic N) is 1. The van der Waals surface area contributed by atoms with Crippen LogP contribution in [0, 0.1) is 11.7 Å². The maximum Gasteiger partial charge on any atom is 0.146 e. The van der Waals surface area contributed by atoms with Gasteiger partial charge < -0.3 is 10.2 Å². The van der Waals surface area contributed by atoms with Crippen molar-refractivity contribution in [2.24, 2.45) is 5.92 Å². The third kappa shape index (κ3) is 4.19. The van der Waals surface area contributed by atoms with Crippen molar-refractivity contribution in [1.82, 2.24) is 5.32 Å². The van der Waals surface area contributed by atoms with Gasteiger partial charge in [-0.25, -0.2) is 4.39 Å². The van der Waals surface area contributed by atoms with Crippen molar-refractivity contribution in [2.45, 2.75) is 59.0 Å². The number of hydrogen-bond donors (Lipinski definition) is 1. The second kappa shape index (κ2) is 7.79. The van der Waals surface area contributed by atoms with Crippen molar-refractivity contribution >= 4 is 5.69 Å². The highest BCUT2D eigenvalue weighted by atomic mass is 19.1. The molecule has 1 N–H and O–H groups in total. The van der Waals surface area contributed by atoms with Gasteiger partial charge in [-0.3, -0.25) is 0 Å². The molecule has 1 aromatic carbocycles. The van der Waals surface area contributed by atoms with E-state index in [-0.39, 0.29) is 5.82 Å². The molecule has 0 aromatic heterocycles. The predicted octanol–water partition coefficient (Wildman–Crippen LogP) is 4.34. The van der Waals surface area contributed by atoms with Crippen LogP contribution in [0.3, 0.4) is 0 Å². The Morgan fingerprint density at radius 1 is 1.19 bits per heavy atom. The summed E-state index contributed by atoms with van der Waals surface area (Å²) in [6.45, 7) is 8.98. The lowest BCUT2D eigenvalue weighted by Gasteiger charge is -2.30. The molecule has 21 heavy (non-hydrogen) atoms. The fourth-order valence-corrected chi connectivity index (χ4v) is 3.34. The molecule has 1 saturated carbocycles. The first-order chi connectivity index (χ1) is 10.2. The van der Waals surface area contributed by atoms with Crippen molar-refractivity contribution in [3.05, 3.63) is 29.6 Å². The standard InChI is InChI=1S/C18H29FN2/c1-4-21(5-2)18-12-15(10-11-16(18)19)13-20-17-9-7-6-8-14(17)3/h10-12,14,17,20H,4-9,13H2,1-3H3. The van der Waals surface area contributed by atoms with Crippen LogP contribution in [0.2, 0.25) is 0 Å². The molecule has 1 fully saturated rings. The van der Waals surface area contributed by atoms with E-state index in [2.05, 4.69) is 31.0 Å². The summed E-state index contributed by atoms with van der Waals surface area (Å²) in [4.78, 5) is 2.07. The molecule has 2 atom stereocenters. The van der Waals surface area contributed by atoms with Gasteiger partial charge in [0.2, 0.25) is 0 Å². The smallest absolute Gasteiger partial charge is 0.146 e. The number of anilines is 1. The maximum atomic E-state index is 14.0. The minimum atomic E-state index is -0.117. The van der Waals surface area contributed by atoms with Crippen LogP contribution in [0.25, 0.3) is 0 Å². The Morgan fingerprint density at radius 3 is 2.57 bits per heavy atom. The van der Waals surface area contributed by atoms with E-state index in [1.54, 1.807) is 6.07 Å². The van der Waals surface area contributed by atoms with Crippen LogP contribution >= 0.6 is 0 Å². The molecule has 0 radical (unpaired) electrons. The summed E-state index contributed by atoms with van der Waals surface area (Å²) >= 11 is 0. The summed E-state index contributed by atoms with van der Waals surface area (Å²) in [7, 11) is 0. The van der Waals surface area contributed by atoms with Crippen LogP contribution < -0.4 is 10.2 Å². The first-order valence-electron chi connectivity index (χ1n) is 8.42. The average molecular weight is 292 g/mol. The zero-order valence-corrected chi connectivity index (χ0v) is 13.7. The van der Waals surface area contributed by atoms with E-state index < -0.39 is 0 Å². The zero-order chi connectivity index (χ0) is 15.2. The summed E-state index contributed by atoms with van der Waals surface area (Å²) in [5.74, 6) is 0.634. The van der Waals surface area contributed by atoms with Crippen molar-refractivity contribution in [2.75, 3.05) is 18.0 Å². The molecule has 0 heterocycles. The van der Waals surface area contributed by atoms with Crippen LogP contribution in [-0.2, 0) is 6.54 Å². The highest BCUT2D eigenvalue weighted by Gasteiger charge is 2.20. The Kier molecular flexibility index (Phi) is 6.04. The fraction of sp³-hybridized carbons (Fsp3) is 0.667. The molecule has 3 heteroatoms. The Bertz CT molecular complexity index is 443. The van der Waals surface area contributed by atoms with Gasteiger partial charge in [-0.1, -0.05) is 25.8 Å². The lowest BCUT2D eigenvalue weighted by Crippen LogP contribution is -2.36. The average Bonchev–Trinajstić information content (AvgIpc) is 2.50. The number of benzene rings is 1. The van der Waals surface area contributed by atoms with Gasteiger partial charge >= 0.3 is 0 Å². The topological polar surface area (TPSA) is 15.3 Å². The van der Waals surface area contributed by atoms with Gasteiger partial charge in [-0.05, 0) is 50.3 Å². The molecule has 0 bridgehead atoms. The van der Waals surface area contributed by atoms with E-state index in [1.165, 1.54) is 31.2 Å². The van der Waals surface area contributed by atoms with Gasteiger partial charge in [0.25, 0.3) is 0 Å². The molecule has 1 aromatic rings. The van der Waals surface area contributed by atoms with E-state index in [0.717, 1.165) is 31.2 Å². The normalized spacial score (nSPS) is 22.3. The molecule has 1 aliphatic carbocycles. The van der Waals surface area contributed by atoms with Gasteiger partial charge in [0.1, 0.15) is 5.82 Å². The third-order valence-corrected chi connectivity index (χ3v) is 4.79. The monoisotopic (exact) mass is 292 g/mol. The molecular weight excluding hydrogens is 263 g/mol. The molecule has 1 aliphatic rings. The van der Waals surface area contributed by atoms with Crippen molar-refractivity contribution in [1.29, 1.82) is 0 Å². The number of halogens is 1. The van der Waals surface area contributed by atoms with E-state index in [4.69, 9.17) is 0 Å². The number of hydrogen-bond acceptors (Lipinski definition) is 2. The summed E-state index contributed by atoms with van der Waals surface area (Å²) < 4.78 is 14.0. The lowest BCUT2D eigenvalue weighted by molar-refractivity contribution is 0.279. The van der Waals surface area contributed by atoms with Gasteiger partial charge in [-0.2, -0.15) is 0 Å². The van der Waals surface area contributed by atoms with Crippen molar-refractivity contribution in [3.63, 3.8) is 0 Å². The van der Waals surface area contributed by atoms with Crippen LogP contribution in [0.5, 0.6) is 0 Å². The highest BCUT2D eigenvalue weighted by Crippen LogP contribution is 2.25. The maximum absolute atomic E-state index is 14.0. The van der Waals surface area contributed by atoms with Gasteiger partial charge in [0, 0.05) is 25.7 Å². The first-order valence-corrected chi connectivity index (χ1v) is 8.42. The molecule has 0 spiro atoms. The predicted molar refractivity (Wildman–Crippen MR) is 88.2 cm³/mol. The quantitative estimate of drug-likeness (QED) is 0.839. The fourth-order valence-electron chi connectivity index (χ4n) is 3.34. The molecular formula is C18H29FN2. The summed E-state index contributed by atoms with van der Waals surface area (Å²) in [6.07, 6.45) is 5.29. The van der Waals surface area contributed by atoms with Crippen LogP contribution in [0.1, 0.15) is 52.0 Å². The second-order valence-electron chi connectivity index (χ2n) is 6.21. The lowest BCUT2D eigenvalue weighted by atomic mass is 9.86. The summed E-state index contributed by atoms with van der Waals surface area (Å²) in [6, 6.07) is 6.13. The first kappa shape index (κ1) is 16.3. The molecule has 2 rings (SSSR count). The molecule has 2 nitrogen and oxygen atoms in total. The van der Waals surface area contributed by atoms with E-state index >= 15 is 0 Å². The number of rotatable bonds is 6. The van der Waals surface area contributed by atoms with Gasteiger partial charge in [-0.15, -0.1) is 0 Å². The molecule has 0 aliphatic heterocycles. The minimum absolute atomic E-state index is 0.117. The SMILES string of the molecule is CCN(CC)c1cc(CNC2CCCCC2C)ccc1F. The molecule has 2 unspecified atom stereocenters. The zero-order valence-electron chi connectivity index (χ0n) is 13.7. The van der Waals surface area contributed by atoms with Crippen LogP contribution in [0.15, 0.2) is 18.2 Å². The highest BCUT2D eigenvalue weighted by molar-refractivity contribution is 5.49. The Balaban J connectivity index is 2.01. The second-order valence-corrected chi connectivity index (χ2v) is 6.21. The van der Waals surface area contributed by atoms with Gasteiger partial charge in [0.05, 0.1) is 5.69 Å². The molecule has 0 amide bonds. The van der Waals surface area contributed by atoms with Crippen LogP contribution in [-0.4, -0.2) is 19.1 Å². The Hall–Kier alpha value is -1.09. The Morgan fingerprint density at radius 2 is 1.90 bits per heavy atom. The largest absolute Gasteiger partial charge is 0.370 e. The third-order valence-electron chi connectivity index (χ3n) is 4.79. The van der Waals surface area contributed by atoms with Crippen molar-refractivity contribution < 1.29 is 4.39 Å². The van der Waals surface area contributed by atoms with Crippen molar-refractivity contribution in [3.8, 4) is 0 Å². The molecule has 118 valence electrons. The number of nitrogens with one attached hydrogen (secondary N) is 1. The minimum Gasteiger partial charge on any atom is -0.370 e. The summed E-state index contributed by atoms with van der Waals surface area (Å²) in [5.41, 5.74) is 1.91. The van der Waals surface area contributed by atoms with Crippen LogP contribution in [0.4, 0.5) is 10.1 Å². The van der Waals surface area contributed by atoms with Gasteiger partial charge in [0.15, 0.2) is 0 Å². The van der Waals surface area contributed by atoms with E-state index in [1.807, 2.05) is 12.1 Å².